The van der Waals surface area contributed by atoms with Gasteiger partial charge in [0.1, 0.15) is 42.7 Å². The zero-order chi connectivity index (χ0) is 24.1. The Hall–Kier alpha value is -1.67. The lowest BCUT2D eigenvalue weighted by Crippen LogP contribution is -2.65. The van der Waals surface area contributed by atoms with Gasteiger partial charge >= 0.3 is 0 Å². The SMILES string of the molecule is CC1(C)O[C@@H]2[C@H](O1)[C@H](COCc1ccccc1)O[C@H]2C1=NO[C@@]2(C1)O[C@H](CO)[C@H](O)[C@H](O)[C@H]2O. The molecule has 4 aliphatic rings. The van der Waals surface area contributed by atoms with E-state index in [1.54, 1.807) is 0 Å². The fourth-order valence-corrected chi connectivity index (χ4v) is 4.99. The van der Waals surface area contributed by atoms with E-state index in [9.17, 15) is 20.4 Å². The molecule has 1 aromatic rings. The molecule has 9 atom stereocenters. The van der Waals surface area contributed by atoms with Crippen molar-refractivity contribution in [1.29, 1.82) is 0 Å². The first-order chi connectivity index (χ1) is 16.2. The van der Waals surface area contributed by atoms with Crippen molar-refractivity contribution in [2.24, 2.45) is 5.16 Å². The molecule has 3 saturated heterocycles. The van der Waals surface area contributed by atoms with Crippen molar-refractivity contribution in [2.75, 3.05) is 13.2 Å². The van der Waals surface area contributed by atoms with Crippen LogP contribution in [0.15, 0.2) is 35.5 Å². The Morgan fingerprint density at radius 2 is 1.74 bits per heavy atom. The molecule has 5 rings (SSSR count). The number of aliphatic hydroxyl groups is 4. The number of benzene rings is 1. The van der Waals surface area contributed by atoms with Gasteiger partial charge in [0.15, 0.2) is 11.9 Å². The summed E-state index contributed by atoms with van der Waals surface area (Å²) in [4.78, 5) is 5.47. The Kier molecular flexibility index (Phi) is 6.42. The van der Waals surface area contributed by atoms with Crippen molar-refractivity contribution in [2.45, 2.75) is 87.3 Å². The van der Waals surface area contributed by atoms with Crippen LogP contribution in [0.1, 0.15) is 25.8 Å². The molecule has 0 unspecified atom stereocenters. The van der Waals surface area contributed by atoms with Gasteiger partial charge in [0.2, 0.25) is 0 Å². The van der Waals surface area contributed by atoms with E-state index in [4.69, 9.17) is 28.5 Å². The monoisotopic (exact) mass is 481 g/mol. The standard InChI is InChI=1S/C23H31NO10/c1-22(2)32-19-15(11-29-10-12-6-4-3-5-7-12)30-18(20(19)33-22)13-8-23(34-24-13)21(28)17(27)16(26)14(9-25)31-23/h3-7,14-21,25-28H,8-11H2,1-2H3/t14-,15+,16+,17+,18+,19-,20+,21-,23-/m1/s1. The lowest BCUT2D eigenvalue weighted by atomic mass is 9.88. The topological polar surface area (TPSA) is 149 Å². The van der Waals surface area contributed by atoms with E-state index in [0.717, 1.165) is 5.56 Å². The van der Waals surface area contributed by atoms with Gasteiger partial charge in [-0.15, -0.1) is 0 Å². The second-order valence-corrected chi connectivity index (χ2v) is 9.59. The number of ether oxygens (including phenoxy) is 5. The molecular weight excluding hydrogens is 450 g/mol. The molecule has 3 fully saturated rings. The van der Waals surface area contributed by atoms with Gasteiger partial charge < -0.3 is 48.9 Å². The average molecular weight is 481 g/mol. The predicted molar refractivity (Wildman–Crippen MR) is 114 cm³/mol. The Labute approximate surface area is 196 Å². The van der Waals surface area contributed by atoms with Gasteiger partial charge in [-0.1, -0.05) is 35.5 Å². The van der Waals surface area contributed by atoms with Gasteiger partial charge in [-0.2, -0.15) is 0 Å². The van der Waals surface area contributed by atoms with Gasteiger partial charge in [0.05, 0.1) is 32.0 Å². The highest BCUT2D eigenvalue weighted by molar-refractivity contribution is 5.91. The molecule has 0 aromatic heterocycles. The third kappa shape index (κ3) is 4.25. The maximum absolute atomic E-state index is 10.6. The first kappa shape index (κ1) is 24.0. The fraction of sp³-hybridized carbons (Fsp3) is 0.696. The van der Waals surface area contributed by atoms with Crippen LogP contribution in [0, 0.1) is 0 Å². The molecule has 0 amide bonds. The maximum Gasteiger partial charge on any atom is 0.271 e. The fourth-order valence-electron chi connectivity index (χ4n) is 4.99. The van der Waals surface area contributed by atoms with Crippen LogP contribution in [0.3, 0.4) is 0 Å². The van der Waals surface area contributed by atoms with Gasteiger partial charge in [0, 0.05) is 0 Å². The van der Waals surface area contributed by atoms with Crippen molar-refractivity contribution < 1.29 is 48.9 Å². The van der Waals surface area contributed by atoms with Crippen LogP contribution in [0.25, 0.3) is 0 Å². The zero-order valence-corrected chi connectivity index (χ0v) is 19.0. The van der Waals surface area contributed by atoms with E-state index in [1.165, 1.54) is 0 Å². The molecular formula is C23H31NO10. The molecule has 4 heterocycles. The second kappa shape index (κ2) is 9.08. The van der Waals surface area contributed by atoms with Gasteiger partial charge in [-0.3, -0.25) is 0 Å². The van der Waals surface area contributed by atoms with E-state index in [1.807, 2.05) is 44.2 Å². The van der Waals surface area contributed by atoms with Crippen molar-refractivity contribution >= 4 is 5.71 Å². The molecule has 1 spiro atoms. The molecule has 4 aliphatic heterocycles. The highest BCUT2D eigenvalue weighted by Crippen LogP contribution is 2.44. The van der Waals surface area contributed by atoms with Crippen LogP contribution >= 0.6 is 0 Å². The van der Waals surface area contributed by atoms with Gasteiger partial charge in [0.25, 0.3) is 5.79 Å². The van der Waals surface area contributed by atoms with Gasteiger partial charge in [-0.05, 0) is 19.4 Å². The van der Waals surface area contributed by atoms with Crippen LogP contribution < -0.4 is 0 Å². The quantitative estimate of drug-likeness (QED) is 0.416. The van der Waals surface area contributed by atoms with E-state index >= 15 is 0 Å². The number of hydrogen-bond acceptors (Lipinski definition) is 11. The first-order valence-electron chi connectivity index (χ1n) is 11.4. The van der Waals surface area contributed by atoms with Crippen LogP contribution in [0.2, 0.25) is 0 Å². The molecule has 34 heavy (non-hydrogen) atoms. The van der Waals surface area contributed by atoms with E-state index < -0.39 is 67.0 Å². The summed E-state index contributed by atoms with van der Waals surface area (Å²) in [6.45, 7) is 3.75. The van der Waals surface area contributed by atoms with E-state index in [-0.39, 0.29) is 13.0 Å². The molecule has 0 bridgehead atoms. The number of aliphatic hydroxyl groups excluding tert-OH is 4. The van der Waals surface area contributed by atoms with E-state index in [2.05, 4.69) is 5.16 Å². The number of oxime groups is 1. The van der Waals surface area contributed by atoms with Crippen molar-refractivity contribution in [3.8, 4) is 0 Å². The largest absolute Gasteiger partial charge is 0.394 e. The summed E-state index contributed by atoms with van der Waals surface area (Å²) in [7, 11) is 0. The molecule has 1 aromatic carbocycles. The Morgan fingerprint density at radius 3 is 2.47 bits per heavy atom. The first-order valence-corrected chi connectivity index (χ1v) is 11.4. The smallest absolute Gasteiger partial charge is 0.271 e. The average Bonchev–Trinajstić information content (AvgIpc) is 3.48. The summed E-state index contributed by atoms with van der Waals surface area (Å²) < 4.78 is 30.0. The minimum absolute atomic E-state index is 0.0519. The normalized spacial score (nSPS) is 43.1. The zero-order valence-electron chi connectivity index (χ0n) is 19.0. The molecule has 11 nitrogen and oxygen atoms in total. The minimum atomic E-state index is -1.75. The third-order valence-corrected chi connectivity index (χ3v) is 6.65. The lowest BCUT2D eigenvalue weighted by Gasteiger charge is -2.44. The van der Waals surface area contributed by atoms with Crippen LogP contribution in [0.5, 0.6) is 0 Å². The number of fused-ring (bicyclic) bond motifs is 1. The number of hydrogen-bond donors (Lipinski definition) is 4. The van der Waals surface area contributed by atoms with Crippen molar-refractivity contribution in [3.05, 3.63) is 35.9 Å². The molecule has 188 valence electrons. The van der Waals surface area contributed by atoms with Crippen LogP contribution in [-0.2, 0) is 35.1 Å². The molecule has 0 saturated carbocycles. The number of nitrogens with zero attached hydrogens (tertiary/aromatic N) is 1. The Bertz CT molecular complexity index is 895. The lowest BCUT2D eigenvalue weighted by molar-refractivity contribution is -0.355. The summed E-state index contributed by atoms with van der Waals surface area (Å²) in [5, 5.41) is 44.5. The van der Waals surface area contributed by atoms with Gasteiger partial charge in [-0.25, -0.2) is 0 Å². The summed E-state index contributed by atoms with van der Waals surface area (Å²) in [5.41, 5.74) is 1.44. The second-order valence-electron chi connectivity index (χ2n) is 9.59. The summed E-state index contributed by atoms with van der Waals surface area (Å²) in [6, 6.07) is 9.78. The van der Waals surface area contributed by atoms with Crippen LogP contribution in [-0.4, -0.2) is 99.8 Å². The summed E-state index contributed by atoms with van der Waals surface area (Å²) >= 11 is 0. The molecule has 0 aliphatic carbocycles. The van der Waals surface area contributed by atoms with E-state index in [0.29, 0.717) is 12.3 Å². The van der Waals surface area contributed by atoms with Crippen molar-refractivity contribution in [1.82, 2.24) is 0 Å². The highest BCUT2D eigenvalue weighted by Gasteiger charge is 2.62. The van der Waals surface area contributed by atoms with Crippen molar-refractivity contribution in [3.63, 3.8) is 0 Å². The minimum Gasteiger partial charge on any atom is -0.394 e. The molecule has 4 N–H and O–H groups in total. The maximum atomic E-state index is 10.6. The summed E-state index contributed by atoms with van der Waals surface area (Å²) in [6.07, 6.45) is -7.85. The highest BCUT2D eigenvalue weighted by atomic mass is 16.8. The molecule has 0 radical (unpaired) electrons. The van der Waals surface area contributed by atoms with Crippen LogP contribution in [0.4, 0.5) is 0 Å². The summed E-state index contributed by atoms with van der Waals surface area (Å²) in [5.74, 6) is -2.59. The Morgan fingerprint density at radius 1 is 1.00 bits per heavy atom. The third-order valence-electron chi connectivity index (χ3n) is 6.65. The molecule has 11 heteroatoms. The predicted octanol–water partition coefficient (Wildman–Crippen LogP) is -0.563. The Balaban J connectivity index is 1.28. The number of rotatable bonds is 6.